The van der Waals surface area contributed by atoms with Gasteiger partial charge in [0, 0.05) is 6.54 Å². The molecule has 0 radical (unpaired) electrons. The van der Waals surface area contributed by atoms with Gasteiger partial charge in [0.25, 0.3) is 0 Å². The van der Waals surface area contributed by atoms with Crippen LogP contribution in [0.25, 0.3) is 0 Å². The molecule has 1 aromatic carbocycles. The molecule has 0 spiro atoms. The molecular weight excluding hydrogens is 253 g/mol. The third kappa shape index (κ3) is 3.42. The summed E-state index contributed by atoms with van der Waals surface area (Å²) in [5.74, 6) is -0.234. The van der Waals surface area contributed by atoms with E-state index in [1.807, 2.05) is 0 Å². The number of nitrogens with one attached hydrogen (secondary N) is 1. The van der Waals surface area contributed by atoms with Crippen molar-refractivity contribution in [1.82, 2.24) is 5.32 Å². The van der Waals surface area contributed by atoms with E-state index in [0.717, 1.165) is 5.56 Å². The largest absolute Gasteiger partial charge is 0.494 e. The minimum Gasteiger partial charge on any atom is -0.494 e. The Kier molecular flexibility index (Phi) is 4.71. The van der Waals surface area contributed by atoms with E-state index in [1.165, 1.54) is 13.2 Å². The molecule has 1 aliphatic heterocycles. The number of aliphatic hydroxyl groups excluding tert-OH is 2. The summed E-state index contributed by atoms with van der Waals surface area (Å²) in [5, 5.41) is 22.3. The number of hydrogen-bond donors (Lipinski definition) is 3. The van der Waals surface area contributed by atoms with Gasteiger partial charge in [-0.05, 0) is 17.7 Å². The highest BCUT2D eigenvalue weighted by molar-refractivity contribution is 5.29. The fourth-order valence-electron chi connectivity index (χ4n) is 2.03. The highest BCUT2D eigenvalue weighted by Gasteiger charge is 2.30. The molecule has 0 amide bonds. The van der Waals surface area contributed by atoms with Crippen molar-refractivity contribution in [3.05, 3.63) is 29.6 Å². The van der Waals surface area contributed by atoms with Gasteiger partial charge in [0.05, 0.1) is 32.5 Å². The van der Waals surface area contributed by atoms with E-state index >= 15 is 0 Å². The van der Waals surface area contributed by atoms with Gasteiger partial charge in [0.15, 0.2) is 11.6 Å². The summed E-state index contributed by atoms with van der Waals surface area (Å²) >= 11 is 0. The first-order valence-electron chi connectivity index (χ1n) is 6.11. The van der Waals surface area contributed by atoms with Gasteiger partial charge in [0.2, 0.25) is 0 Å². The second-order valence-electron chi connectivity index (χ2n) is 4.55. The number of halogens is 1. The van der Waals surface area contributed by atoms with Crippen molar-refractivity contribution in [1.29, 1.82) is 0 Å². The first kappa shape index (κ1) is 14.2. The van der Waals surface area contributed by atoms with Crippen molar-refractivity contribution in [2.75, 3.05) is 20.3 Å². The van der Waals surface area contributed by atoms with Crippen LogP contribution in [0.4, 0.5) is 4.39 Å². The second kappa shape index (κ2) is 6.29. The molecule has 1 heterocycles. The zero-order chi connectivity index (χ0) is 13.8. The number of rotatable bonds is 4. The van der Waals surface area contributed by atoms with Gasteiger partial charge in [-0.15, -0.1) is 0 Å². The van der Waals surface area contributed by atoms with E-state index < -0.39 is 18.0 Å². The Bertz CT molecular complexity index is 429. The van der Waals surface area contributed by atoms with Gasteiger partial charge in [-0.3, -0.25) is 0 Å². The first-order valence-corrected chi connectivity index (χ1v) is 6.11. The summed E-state index contributed by atoms with van der Waals surface area (Å²) in [6.45, 7) is 0.825. The normalized spacial score (nSPS) is 27.3. The average molecular weight is 271 g/mol. The molecule has 6 heteroatoms. The standard InChI is InChI=1S/C13H18FNO4/c1-18-12-3-2-8(4-9(12)14)5-15-10-6-19-7-11(16)13(10)17/h2-4,10-11,13,15-17H,5-7H2,1H3/t10-,11-,13+/m1/s1. The number of benzene rings is 1. The molecule has 2 rings (SSSR count). The van der Waals surface area contributed by atoms with Crippen LogP contribution < -0.4 is 10.1 Å². The maximum atomic E-state index is 13.5. The molecule has 106 valence electrons. The maximum Gasteiger partial charge on any atom is 0.165 e. The van der Waals surface area contributed by atoms with Crippen molar-refractivity contribution in [2.45, 2.75) is 24.8 Å². The summed E-state index contributed by atoms with van der Waals surface area (Å²) < 4.78 is 23.5. The first-order chi connectivity index (χ1) is 9.11. The molecule has 3 N–H and O–H groups in total. The number of hydrogen-bond acceptors (Lipinski definition) is 5. The smallest absolute Gasteiger partial charge is 0.165 e. The van der Waals surface area contributed by atoms with Crippen LogP contribution in [0.3, 0.4) is 0 Å². The summed E-state index contributed by atoms with van der Waals surface area (Å²) in [6.07, 6.45) is -1.77. The Balaban J connectivity index is 1.93. The lowest BCUT2D eigenvalue weighted by molar-refractivity contribution is -0.105. The average Bonchev–Trinajstić information content (AvgIpc) is 2.40. The van der Waals surface area contributed by atoms with E-state index in [0.29, 0.717) is 13.2 Å². The molecule has 1 saturated heterocycles. The summed E-state index contributed by atoms with van der Waals surface area (Å²) in [7, 11) is 1.41. The van der Waals surface area contributed by atoms with E-state index in [4.69, 9.17) is 9.47 Å². The Hall–Kier alpha value is -1.21. The Labute approximate surface area is 111 Å². The predicted molar refractivity (Wildman–Crippen MR) is 66.4 cm³/mol. The maximum absolute atomic E-state index is 13.5. The number of aliphatic hydroxyl groups is 2. The summed E-state index contributed by atoms with van der Waals surface area (Å²) in [4.78, 5) is 0. The highest BCUT2D eigenvalue weighted by Crippen LogP contribution is 2.18. The number of ether oxygens (including phenoxy) is 2. The third-order valence-corrected chi connectivity index (χ3v) is 3.18. The van der Waals surface area contributed by atoms with Crippen LogP contribution in [-0.4, -0.2) is 48.8 Å². The van der Waals surface area contributed by atoms with Crippen LogP contribution in [-0.2, 0) is 11.3 Å². The third-order valence-electron chi connectivity index (χ3n) is 3.18. The zero-order valence-corrected chi connectivity index (χ0v) is 10.7. The van der Waals surface area contributed by atoms with Gasteiger partial charge in [0.1, 0.15) is 6.10 Å². The van der Waals surface area contributed by atoms with Crippen molar-refractivity contribution in [3.63, 3.8) is 0 Å². The summed E-state index contributed by atoms with van der Waals surface area (Å²) in [6, 6.07) is 4.29. The minimum absolute atomic E-state index is 0.135. The van der Waals surface area contributed by atoms with E-state index in [9.17, 15) is 14.6 Å². The van der Waals surface area contributed by atoms with Gasteiger partial charge in [-0.1, -0.05) is 6.07 Å². The van der Waals surface area contributed by atoms with Gasteiger partial charge >= 0.3 is 0 Å². The van der Waals surface area contributed by atoms with Gasteiger partial charge < -0.3 is 25.0 Å². The minimum atomic E-state index is -0.890. The van der Waals surface area contributed by atoms with Crippen LogP contribution in [0.5, 0.6) is 5.75 Å². The SMILES string of the molecule is COc1ccc(CN[C@@H]2COC[C@@H](O)[C@H]2O)cc1F. The van der Waals surface area contributed by atoms with Crippen LogP contribution in [0.1, 0.15) is 5.56 Å². The van der Waals surface area contributed by atoms with Crippen LogP contribution in [0.2, 0.25) is 0 Å². The van der Waals surface area contributed by atoms with E-state index in [-0.39, 0.29) is 18.4 Å². The summed E-state index contributed by atoms with van der Waals surface area (Å²) in [5.41, 5.74) is 0.727. The van der Waals surface area contributed by atoms with Crippen molar-refractivity contribution in [2.24, 2.45) is 0 Å². The highest BCUT2D eigenvalue weighted by atomic mass is 19.1. The molecule has 5 nitrogen and oxygen atoms in total. The molecule has 1 aliphatic rings. The zero-order valence-electron chi connectivity index (χ0n) is 10.7. The molecule has 0 bridgehead atoms. The molecular formula is C13H18FNO4. The molecule has 1 fully saturated rings. The van der Waals surface area contributed by atoms with Crippen LogP contribution >= 0.6 is 0 Å². The quantitative estimate of drug-likeness (QED) is 0.721. The molecule has 0 saturated carbocycles. The van der Waals surface area contributed by atoms with Crippen molar-refractivity contribution < 1.29 is 24.1 Å². The molecule has 0 unspecified atom stereocenters. The lowest BCUT2D eigenvalue weighted by Crippen LogP contribution is -2.54. The van der Waals surface area contributed by atoms with Crippen LogP contribution in [0.15, 0.2) is 18.2 Å². The lowest BCUT2D eigenvalue weighted by atomic mass is 10.0. The molecule has 0 aliphatic carbocycles. The van der Waals surface area contributed by atoms with Gasteiger partial charge in [-0.2, -0.15) is 0 Å². The fourth-order valence-corrected chi connectivity index (χ4v) is 2.03. The van der Waals surface area contributed by atoms with Gasteiger partial charge in [-0.25, -0.2) is 4.39 Å². The van der Waals surface area contributed by atoms with E-state index in [2.05, 4.69) is 5.32 Å². The Morgan fingerprint density at radius 2 is 2.21 bits per heavy atom. The van der Waals surface area contributed by atoms with Crippen LogP contribution in [0, 0.1) is 5.82 Å². The molecule has 3 atom stereocenters. The fraction of sp³-hybridized carbons (Fsp3) is 0.538. The topological polar surface area (TPSA) is 71.0 Å². The second-order valence-corrected chi connectivity index (χ2v) is 4.55. The molecule has 0 aromatic heterocycles. The molecule has 19 heavy (non-hydrogen) atoms. The Morgan fingerprint density at radius 3 is 2.89 bits per heavy atom. The van der Waals surface area contributed by atoms with Crippen molar-refractivity contribution >= 4 is 0 Å². The molecule has 1 aromatic rings. The lowest BCUT2D eigenvalue weighted by Gasteiger charge is -2.32. The monoisotopic (exact) mass is 271 g/mol. The van der Waals surface area contributed by atoms with E-state index in [1.54, 1.807) is 12.1 Å². The number of methoxy groups -OCH3 is 1. The Morgan fingerprint density at radius 1 is 1.42 bits per heavy atom. The predicted octanol–water partition coefficient (Wildman–Crippen LogP) is 0.0445. The van der Waals surface area contributed by atoms with Crippen molar-refractivity contribution in [3.8, 4) is 5.75 Å².